The van der Waals surface area contributed by atoms with Gasteiger partial charge in [-0.1, -0.05) is 23.5 Å². The molecule has 1 fully saturated rings. The van der Waals surface area contributed by atoms with E-state index >= 15 is 0 Å². The van der Waals surface area contributed by atoms with Gasteiger partial charge in [0, 0.05) is 20.0 Å². The van der Waals surface area contributed by atoms with E-state index < -0.39 is 0 Å². The maximum Gasteiger partial charge on any atom is 0.231 e. The molecule has 2 heterocycles. The summed E-state index contributed by atoms with van der Waals surface area (Å²) in [6.07, 6.45) is 0.237. The molecule has 1 atom stereocenters. The van der Waals surface area contributed by atoms with E-state index in [0.29, 0.717) is 22.4 Å². The highest BCUT2D eigenvalue weighted by atomic mass is 32.1. The van der Waals surface area contributed by atoms with Crippen molar-refractivity contribution in [3.05, 3.63) is 24.3 Å². The Morgan fingerprint density at radius 2 is 2.17 bits per heavy atom. The number of carbonyl (C=O) groups is 2. The number of nitrogens with zero attached hydrogens (tertiary/aromatic N) is 3. The summed E-state index contributed by atoms with van der Waals surface area (Å²) < 4.78 is 5.30. The van der Waals surface area contributed by atoms with Gasteiger partial charge < -0.3 is 15.0 Å². The summed E-state index contributed by atoms with van der Waals surface area (Å²) in [5, 5.41) is 11.9. The molecule has 1 saturated heterocycles. The number of para-hydroxylation sites is 1. The molecule has 1 unspecified atom stereocenters. The molecule has 1 aromatic heterocycles. The second kappa shape index (κ2) is 6.33. The second-order valence-electron chi connectivity index (χ2n) is 5.28. The van der Waals surface area contributed by atoms with Crippen molar-refractivity contribution in [2.24, 2.45) is 5.92 Å². The summed E-state index contributed by atoms with van der Waals surface area (Å²) >= 11 is 1.27. The van der Waals surface area contributed by atoms with Crippen LogP contribution in [0.2, 0.25) is 0 Å². The SMILES string of the molecule is COc1ccccc1-c1nnc(NC(=O)C2CC(=O)N(C)C2)s1. The summed E-state index contributed by atoms with van der Waals surface area (Å²) in [4.78, 5) is 25.3. The standard InChI is InChI=1S/C15H16N4O3S/c1-19-8-9(7-12(19)20)13(21)16-15-18-17-14(23-15)10-5-3-4-6-11(10)22-2/h3-6,9H,7-8H2,1-2H3,(H,16,18,21). The first-order valence-electron chi connectivity index (χ1n) is 7.10. The molecule has 1 N–H and O–H groups in total. The predicted octanol–water partition coefficient (Wildman–Crippen LogP) is 1.63. The average Bonchev–Trinajstić information content (AvgIpc) is 3.14. The van der Waals surface area contributed by atoms with Gasteiger partial charge in [0.05, 0.1) is 18.6 Å². The highest BCUT2D eigenvalue weighted by Gasteiger charge is 2.32. The molecule has 2 amide bonds. The summed E-state index contributed by atoms with van der Waals surface area (Å²) in [5.41, 5.74) is 0.823. The zero-order valence-electron chi connectivity index (χ0n) is 12.8. The molecule has 0 aliphatic carbocycles. The van der Waals surface area contributed by atoms with E-state index in [2.05, 4.69) is 15.5 Å². The van der Waals surface area contributed by atoms with Crippen LogP contribution in [-0.2, 0) is 9.59 Å². The number of benzene rings is 1. The summed E-state index contributed by atoms with van der Waals surface area (Å²) in [6.45, 7) is 0.433. The van der Waals surface area contributed by atoms with Crippen LogP contribution in [0.1, 0.15) is 6.42 Å². The number of hydrogen-bond acceptors (Lipinski definition) is 6. The van der Waals surface area contributed by atoms with Crippen LogP contribution in [0.5, 0.6) is 5.75 Å². The first-order chi connectivity index (χ1) is 11.1. The molecule has 0 bridgehead atoms. The van der Waals surface area contributed by atoms with Gasteiger partial charge in [-0.2, -0.15) is 0 Å². The largest absolute Gasteiger partial charge is 0.496 e. The lowest BCUT2D eigenvalue weighted by molar-refractivity contribution is -0.127. The molecular weight excluding hydrogens is 316 g/mol. The molecule has 3 rings (SSSR count). The average molecular weight is 332 g/mol. The molecule has 0 spiro atoms. The first kappa shape index (κ1) is 15.4. The number of ether oxygens (including phenoxy) is 1. The molecule has 0 radical (unpaired) electrons. The minimum Gasteiger partial charge on any atom is -0.496 e. The van der Waals surface area contributed by atoms with Crippen LogP contribution in [0, 0.1) is 5.92 Å². The van der Waals surface area contributed by atoms with Gasteiger partial charge in [-0.3, -0.25) is 9.59 Å². The molecule has 0 saturated carbocycles. The Kier molecular flexibility index (Phi) is 4.24. The predicted molar refractivity (Wildman–Crippen MR) is 86.3 cm³/mol. The molecule has 8 heteroatoms. The van der Waals surface area contributed by atoms with Crippen molar-refractivity contribution >= 4 is 28.3 Å². The van der Waals surface area contributed by atoms with Crippen LogP contribution in [-0.4, -0.2) is 47.6 Å². The minimum atomic E-state index is -0.342. The summed E-state index contributed by atoms with van der Waals surface area (Å²) in [6, 6.07) is 7.49. The number of aromatic nitrogens is 2. The highest BCUT2D eigenvalue weighted by Crippen LogP contribution is 2.33. The quantitative estimate of drug-likeness (QED) is 0.920. The van der Waals surface area contributed by atoms with E-state index in [9.17, 15) is 9.59 Å². The normalized spacial score (nSPS) is 17.4. The smallest absolute Gasteiger partial charge is 0.231 e. The van der Waals surface area contributed by atoms with Crippen molar-refractivity contribution in [2.45, 2.75) is 6.42 Å². The lowest BCUT2D eigenvalue weighted by atomic mass is 10.1. The van der Waals surface area contributed by atoms with Crippen molar-refractivity contribution in [1.29, 1.82) is 0 Å². The van der Waals surface area contributed by atoms with Crippen LogP contribution < -0.4 is 10.1 Å². The Morgan fingerprint density at radius 1 is 1.39 bits per heavy atom. The van der Waals surface area contributed by atoms with E-state index in [1.165, 1.54) is 11.3 Å². The molecular formula is C15H16N4O3S. The first-order valence-corrected chi connectivity index (χ1v) is 7.92. The Bertz CT molecular complexity index is 746. The lowest BCUT2D eigenvalue weighted by Gasteiger charge is -2.08. The maximum absolute atomic E-state index is 12.2. The molecule has 1 aromatic carbocycles. The Balaban J connectivity index is 1.73. The van der Waals surface area contributed by atoms with Crippen LogP contribution >= 0.6 is 11.3 Å². The number of rotatable bonds is 4. The van der Waals surface area contributed by atoms with Crippen molar-refractivity contribution in [3.8, 4) is 16.3 Å². The minimum absolute atomic E-state index is 0.0166. The highest BCUT2D eigenvalue weighted by molar-refractivity contribution is 7.18. The van der Waals surface area contributed by atoms with E-state index in [1.807, 2.05) is 24.3 Å². The van der Waals surface area contributed by atoms with Gasteiger partial charge in [0.1, 0.15) is 5.75 Å². The van der Waals surface area contributed by atoms with Crippen molar-refractivity contribution in [3.63, 3.8) is 0 Å². The second-order valence-corrected chi connectivity index (χ2v) is 6.25. The number of anilines is 1. The molecule has 2 aromatic rings. The topological polar surface area (TPSA) is 84.4 Å². The molecule has 7 nitrogen and oxygen atoms in total. The molecule has 23 heavy (non-hydrogen) atoms. The lowest BCUT2D eigenvalue weighted by Crippen LogP contribution is -2.25. The number of nitrogens with one attached hydrogen (secondary N) is 1. The number of carbonyl (C=O) groups excluding carboxylic acids is 2. The maximum atomic E-state index is 12.2. The van der Waals surface area contributed by atoms with Crippen molar-refractivity contribution < 1.29 is 14.3 Å². The molecule has 120 valence electrons. The van der Waals surface area contributed by atoms with Crippen LogP contribution in [0.15, 0.2) is 24.3 Å². The van der Waals surface area contributed by atoms with Gasteiger partial charge in [-0.25, -0.2) is 0 Å². The van der Waals surface area contributed by atoms with Gasteiger partial charge in [-0.15, -0.1) is 10.2 Å². The zero-order valence-corrected chi connectivity index (χ0v) is 13.6. The number of hydrogen-bond donors (Lipinski definition) is 1. The van der Waals surface area contributed by atoms with Gasteiger partial charge in [0.15, 0.2) is 5.01 Å². The number of likely N-dealkylation sites (tertiary alicyclic amines) is 1. The van der Waals surface area contributed by atoms with Gasteiger partial charge >= 0.3 is 0 Å². The molecule has 1 aliphatic rings. The number of amides is 2. The Labute approximate surface area is 137 Å². The van der Waals surface area contributed by atoms with Crippen molar-refractivity contribution in [1.82, 2.24) is 15.1 Å². The van der Waals surface area contributed by atoms with Crippen LogP contribution in [0.25, 0.3) is 10.6 Å². The number of methoxy groups -OCH3 is 1. The third-order valence-corrected chi connectivity index (χ3v) is 4.58. The molecule has 1 aliphatic heterocycles. The fraction of sp³-hybridized carbons (Fsp3) is 0.333. The Morgan fingerprint density at radius 3 is 2.87 bits per heavy atom. The Hall–Kier alpha value is -2.48. The van der Waals surface area contributed by atoms with Crippen LogP contribution in [0.3, 0.4) is 0 Å². The van der Waals surface area contributed by atoms with E-state index in [4.69, 9.17) is 4.74 Å². The fourth-order valence-electron chi connectivity index (χ4n) is 2.45. The zero-order chi connectivity index (χ0) is 16.4. The van der Waals surface area contributed by atoms with Crippen LogP contribution in [0.4, 0.5) is 5.13 Å². The third-order valence-electron chi connectivity index (χ3n) is 3.70. The van der Waals surface area contributed by atoms with Gasteiger partial charge in [-0.05, 0) is 12.1 Å². The van der Waals surface area contributed by atoms with Crippen molar-refractivity contribution in [2.75, 3.05) is 26.0 Å². The summed E-state index contributed by atoms with van der Waals surface area (Å²) in [5.74, 6) is 0.137. The third kappa shape index (κ3) is 3.16. The summed E-state index contributed by atoms with van der Waals surface area (Å²) in [7, 11) is 3.29. The van der Waals surface area contributed by atoms with Gasteiger partial charge in [0.25, 0.3) is 0 Å². The van der Waals surface area contributed by atoms with E-state index in [0.717, 1.165) is 5.56 Å². The fourth-order valence-corrected chi connectivity index (χ4v) is 3.23. The monoisotopic (exact) mass is 332 g/mol. The van der Waals surface area contributed by atoms with Gasteiger partial charge in [0.2, 0.25) is 16.9 Å². The van der Waals surface area contributed by atoms with E-state index in [-0.39, 0.29) is 24.2 Å². The van der Waals surface area contributed by atoms with E-state index in [1.54, 1.807) is 19.1 Å².